The Hall–Kier alpha value is -1.26. The molecule has 4 nitrogen and oxygen atoms in total. The van der Waals surface area contributed by atoms with Crippen LogP contribution < -0.4 is 11.1 Å². The Morgan fingerprint density at radius 2 is 2.08 bits per heavy atom. The van der Waals surface area contributed by atoms with Crippen LogP contribution >= 0.6 is 11.6 Å². The van der Waals surface area contributed by atoms with Crippen LogP contribution in [0.5, 0.6) is 0 Å². The summed E-state index contributed by atoms with van der Waals surface area (Å²) < 4.78 is 5.29. The summed E-state index contributed by atoms with van der Waals surface area (Å²) in [5.74, 6) is 0.208. The van der Waals surface area contributed by atoms with E-state index in [2.05, 4.69) is 11.4 Å². The van der Waals surface area contributed by atoms with Crippen molar-refractivity contribution in [2.75, 3.05) is 6.54 Å². The molecule has 2 rings (SSSR count). The van der Waals surface area contributed by atoms with E-state index in [4.69, 9.17) is 22.1 Å². The van der Waals surface area contributed by atoms with Gasteiger partial charge in [-0.25, -0.2) is 4.79 Å². The normalized spacial score (nSPS) is 17.5. The number of rotatable bonds is 7. The lowest BCUT2D eigenvalue weighted by Gasteiger charge is -2.31. The van der Waals surface area contributed by atoms with Crippen LogP contribution in [0.1, 0.15) is 63.9 Å². The molecule has 1 fully saturated rings. The Kier molecular flexibility index (Phi) is 6.93. The second kappa shape index (κ2) is 8.72. The van der Waals surface area contributed by atoms with E-state index in [1.165, 1.54) is 32.1 Å². The number of nitrogens with one attached hydrogen (secondary N) is 1. The second-order valence-corrected chi connectivity index (χ2v) is 7.82. The van der Waals surface area contributed by atoms with Gasteiger partial charge in [0.05, 0.1) is 0 Å². The molecular formula is C19H29ClN2O2. The van der Waals surface area contributed by atoms with Crippen LogP contribution in [0.2, 0.25) is 5.02 Å². The predicted octanol–water partition coefficient (Wildman–Crippen LogP) is 4.61. The van der Waals surface area contributed by atoms with E-state index in [1.807, 2.05) is 32.0 Å². The lowest BCUT2D eigenvalue weighted by atomic mass is 9.87. The van der Waals surface area contributed by atoms with Crippen molar-refractivity contribution in [2.24, 2.45) is 5.73 Å². The molecule has 1 aliphatic rings. The van der Waals surface area contributed by atoms with E-state index >= 15 is 0 Å². The Morgan fingerprint density at radius 3 is 2.71 bits per heavy atom. The van der Waals surface area contributed by atoms with Crippen molar-refractivity contribution in [3.8, 4) is 0 Å². The van der Waals surface area contributed by atoms with Gasteiger partial charge in [-0.15, -0.1) is 0 Å². The fourth-order valence-electron chi connectivity index (χ4n) is 3.59. The number of carbonyl (C=O) groups excluding carboxylic acids is 1. The molecule has 1 unspecified atom stereocenters. The second-order valence-electron chi connectivity index (χ2n) is 7.38. The molecule has 24 heavy (non-hydrogen) atoms. The van der Waals surface area contributed by atoms with Gasteiger partial charge < -0.3 is 15.8 Å². The average molecular weight is 353 g/mol. The SMILES string of the molecule is CC(C)(CC(CNC1CCCCC1)c1cccc(Cl)c1)OC(N)=O. The summed E-state index contributed by atoms with van der Waals surface area (Å²) in [6.07, 6.45) is 6.38. The highest BCUT2D eigenvalue weighted by Gasteiger charge is 2.28. The topological polar surface area (TPSA) is 64.3 Å². The molecule has 0 bridgehead atoms. The molecule has 3 N–H and O–H groups in total. The van der Waals surface area contributed by atoms with Crippen LogP contribution in [0.15, 0.2) is 24.3 Å². The number of hydrogen-bond donors (Lipinski definition) is 2. The number of amides is 1. The summed E-state index contributed by atoms with van der Waals surface area (Å²) in [6, 6.07) is 8.50. The molecule has 1 amide bonds. The summed E-state index contributed by atoms with van der Waals surface area (Å²) in [5.41, 5.74) is 5.75. The van der Waals surface area contributed by atoms with Gasteiger partial charge >= 0.3 is 6.09 Å². The zero-order valence-corrected chi connectivity index (χ0v) is 15.4. The van der Waals surface area contributed by atoms with Gasteiger partial charge in [0.1, 0.15) is 5.60 Å². The molecule has 134 valence electrons. The quantitative estimate of drug-likeness (QED) is 0.753. The predicted molar refractivity (Wildman–Crippen MR) is 98.4 cm³/mol. The zero-order valence-electron chi connectivity index (χ0n) is 14.7. The molecule has 1 aliphatic carbocycles. The fourth-order valence-corrected chi connectivity index (χ4v) is 3.79. The number of carbonyl (C=O) groups is 1. The summed E-state index contributed by atoms with van der Waals surface area (Å²) >= 11 is 6.17. The summed E-state index contributed by atoms with van der Waals surface area (Å²) in [6.45, 7) is 4.64. The Labute approximate surface area is 150 Å². The van der Waals surface area contributed by atoms with E-state index in [-0.39, 0.29) is 5.92 Å². The molecule has 0 aliphatic heterocycles. The summed E-state index contributed by atoms with van der Waals surface area (Å²) in [4.78, 5) is 11.2. The van der Waals surface area contributed by atoms with Crippen molar-refractivity contribution in [1.82, 2.24) is 5.32 Å². The van der Waals surface area contributed by atoms with Gasteiger partial charge in [0.15, 0.2) is 0 Å². The molecule has 1 saturated carbocycles. The van der Waals surface area contributed by atoms with Gasteiger partial charge in [-0.1, -0.05) is 43.0 Å². The molecule has 0 saturated heterocycles. The standard InChI is InChI=1S/C19H29ClN2O2/c1-19(2,24-18(21)23)12-15(14-7-6-8-16(20)11-14)13-22-17-9-4-3-5-10-17/h6-8,11,15,17,22H,3-5,9-10,12-13H2,1-2H3,(H2,21,23). The van der Waals surface area contributed by atoms with Crippen LogP contribution in [0.4, 0.5) is 4.79 Å². The number of halogens is 1. The summed E-state index contributed by atoms with van der Waals surface area (Å²) in [7, 11) is 0. The summed E-state index contributed by atoms with van der Waals surface area (Å²) in [5, 5.41) is 4.43. The van der Waals surface area contributed by atoms with Crippen molar-refractivity contribution >= 4 is 17.7 Å². The first-order valence-corrected chi connectivity index (χ1v) is 9.21. The van der Waals surface area contributed by atoms with Crippen molar-refractivity contribution < 1.29 is 9.53 Å². The van der Waals surface area contributed by atoms with E-state index in [0.29, 0.717) is 12.5 Å². The molecule has 0 aromatic heterocycles. The van der Waals surface area contributed by atoms with E-state index in [9.17, 15) is 4.79 Å². The molecule has 0 spiro atoms. The number of benzene rings is 1. The van der Waals surface area contributed by atoms with Crippen LogP contribution in [0.3, 0.4) is 0 Å². The molecule has 1 aromatic rings. The minimum absolute atomic E-state index is 0.208. The van der Waals surface area contributed by atoms with Gasteiger partial charge in [-0.2, -0.15) is 0 Å². The minimum atomic E-state index is -0.731. The maximum atomic E-state index is 11.2. The fraction of sp³-hybridized carbons (Fsp3) is 0.632. The third kappa shape index (κ3) is 6.33. The third-order valence-electron chi connectivity index (χ3n) is 4.69. The van der Waals surface area contributed by atoms with Gasteiger partial charge in [0, 0.05) is 23.5 Å². The Bertz CT molecular complexity index is 542. The maximum absolute atomic E-state index is 11.2. The van der Waals surface area contributed by atoms with Gasteiger partial charge in [0.2, 0.25) is 0 Å². The highest BCUT2D eigenvalue weighted by molar-refractivity contribution is 6.30. The monoisotopic (exact) mass is 352 g/mol. The highest BCUT2D eigenvalue weighted by Crippen LogP contribution is 2.30. The van der Waals surface area contributed by atoms with Crippen molar-refractivity contribution in [3.05, 3.63) is 34.9 Å². The largest absolute Gasteiger partial charge is 0.444 e. The van der Waals surface area contributed by atoms with Crippen molar-refractivity contribution in [1.29, 1.82) is 0 Å². The smallest absolute Gasteiger partial charge is 0.405 e. The number of ether oxygens (including phenoxy) is 1. The number of hydrogen-bond acceptors (Lipinski definition) is 3. The van der Waals surface area contributed by atoms with Crippen molar-refractivity contribution in [2.45, 2.75) is 69.9 Å². The first-order chi connectivity index (χ1) is 11.4. The van der Waals surface area contributed by atoms with Crippen LogP contribution in [-0.4, -0.2) is 24.3 Å². The van der Waals surface area contributed by atoms with E-state index < -0.39 is 11.7 Å². The van der Waals surface area contributed by atoms with Crippen LogP contribution in [0.25, 0.3) is 0 Å². The molecule has 0 heterocycles. The highest BCUT2D eigenvalue weighted by atomic mass is 35.5. The van der Waals surface area contributed by atoms with Gasteiger partial charge in [-0.05, 0) is 50.8 Å². The van der Waals surface area contributed by atoms with Crippen LogP contribution in [0, 0.1) is 0 Å². The van der Waals surface area contributed by atoms with E-state index in [0.717, 1.165) is 17.1 Å². The van der Waals surface area contributed by atoms with Crippen LogP contribution in [-0.2, 0) is 4.74 Å². The first-order valence-electron chi connectivity index (χ1n) is 8.83. The molecular weight excluding hydrogens is 324 g/mol. The van der Waals surface area contributed by atoms with Gasteiger partial charge in [-0.3, -0.25) is 0 Å². The molecule has 0 radical (unpaired) electrons. The zero-order chi connectivity index (χ0) is 17.6. The van der Waals surface area contributed by atoms with Gasteiger partial charge in [0.25, 0.3) is 0 Å². The molecule has 1 atom stereocenters. The lowest BCUT2D eigenvalue weighted by Crippen LogP contribution is -2.38. The average Bonchev–Trinajstić information content (AvgIpc) is 2.51. The lowest BCUT2D eigenvalue weighted by molar-refractivity contribution is 0.0333. The molecule has 5 heteroatoms. The minimum Gasteiger partial charge on any atom is -0.444 e. The number of primary amides is 1. The Morgan fingerprint density at radius 1 is 1.38 bits per heavy atom. The first kappa shape index (κ1) is 19.1. The van der Waals surface area contributed by atoms with Crippen molar-refractivity contribution in [3.63, 3.8) is 0 Å². The molecule has 1 aromatic carbocycles. The third-order valence-corrected chi connectivity index (χ3v) is 4.93. The Balaban J connectivity index is 2.07. The number of nitrogens with two attached hydrogens (primary N) is 1. The maximum Gasteiger partial charge on any atom is 0.405 e. The van der Waals surface area contributed by atoms with E-state index in [1.54, 1.807) is 0 Å².